The van der Waals surface area contributed by atoms with Crippen molar-refractivity contribution in [1.82, 2.24) is 14.9 Å². The zero-order valence-electron chi connectivity index (χ0n) is 19.4. The number of anilines is 3. The number of aliphatic imine (C=N–C) groups is 1. The van der Waals surface area contributed by atoms with Gasteiger partial charge in [-0.05, 0) is 62.5 Å². The molecule has 0 spiro atoms. The fraction of sp³-hybridized carbons (Fsp3) is 0.292. The number of aromatic nitrogens is 2. The van der Waals surface area contributed by atoms with E-state index in [2.05, 4.69) is 50.4 Å². The van der Waals surface area contributed by atoms with E-state index in [-0.39, 0.29) is 11.9 Å². The molecular weight excluding hydrogens is 438 g/mol. The molecule has 0 amide bonds. The Morgan fingerprint density at radius 3 is 2.42 bits per heavy atom. The smallest absolute Gasteiger partial charge is 0.254 e. The third kappa shape index (κ3) is 7.06. The van der Waals surface area contributed by atoms with Crippen LogP contribution in [0.25, 0.3) is 0 Å². The quantitative estimate of drug-likeness (QED) is 0.297. The van der Waals surface area contributed by atoms with Crippen LogP contribution in [0.2, 0.25) is 5.02 Å². The van der Waals surface area contributed by atoms with E-state index < -0.39 is 0 Å². The minimum atomic E-state index is 0.180. The Labute approximate surface area is 199 Å². The highest BCUT2D eigenvalue weighted by Crippen LogP contribution is 2.26. The molecule has 3 aromatic rings. The molecule has 1 heterocycles. The van der Waals surface area contributed by atoms with Gasteiger partial charge in [0.05, 0.1) is 7.11 Å². The zero-order chi connectivity index (χ0) is 23.8. The first-order chi connectivity index (χ1) is 15.9. The predicted molar refractivity (Wildman–Crippen MR) is 136 cm³/mol. The number of nitrogens with zero attached hydrogens (tertiary/aromatic N) is 4. The van der Waals surface area contributed by atoms with E-state index in [9.17, 15) is 0 Å². The Kier molecular flexibility index (Phi) is 8.46. The molecule has 0 bridgehead atoms. The third-order valence-corrected chi connectivity index (χ3v) is 5.27. The van der Waals surface area contributed by atoms with Crippen molar-refractivity contribution >= 4 is 40.7 Å². The molecule has 0 aliphatic heterocycles. The lowest BCUT2D eigenvalue weighted by Gasteiger charge is -2.20. The van der Waals surface area contributed by atoms with Crippen LogP contribution in [0.4, 0.5) is 23.1 Å². The van der Waals surface area contributed by atoms with E-state index in [4.69, 9.17) is 22.1 Å². The summed E-state index contributed by atoms with van der Waals surface area (Å²) in [6.45, 7) is 8.92. The highest BCUT2D eigenvalue weighted by atomic mass is 35.5. The highest BCUT2D eigenvalue weighted by molar-refractivity contribution is 6.30. The first kappa shape index (κ1) is 24.3. The van der Waals surface area contributed by atoms with Crippen LogP contribution < -0.4 is 21.1 Å². The normalized spacial score (nSPS) is 11.5. The second kappa shape index (κ2) is 11.5. The lowest BCUT2D eigenvalue weighted by atomic mass is 10.1. The number of nitrogens with one attached hydrogen (secondary N) is 2. The standard InChI is InChI=1S/C24H30ClN7O/c1-5-32(6-2)15-17-14-20(11-12-21(17)33-4)28-22-13-16(3)27-24(30-22)31-23(26)29-19-9-7-18(25)8-10-19/h7-14H,5-6,15H2,1-4H3,(H4,26,27,28,29,30,31). The Bertz CT molecular complexity index is 1100. The second-order valence-corrected chi connectivity index (χ2v) is 7.87. The number of nitrogens with two attached hydrogens (primary N) is 1. The van der Waals surface area contributed by atoms with Crippen molar-refractivity contribution < 1.29 is 4.74 Å². The number of methoxy groups -OCH3 is 1. The highest BCUT2D eigenvalue weighted by Gasteiger charge is 2.10. The van der Waals surface area contributed by atoms with Crippen LogP contribution >= 0.6 is 11.6 Å². The van der Waals surface area contributed by atoms with Crippen molar-refractivity contribution in [3.05, 3.63) is 64.8 Å². The number of hydrogen-bond donors (Lipinski definition) is 3. The molecule has 8 nitrogen and oxygen atoms in total. The van der Waals surface area contributed by atoms with Crippen LogP contribution in [0.1, 0.15) is 25.1 Å². The average Bonchev–Trinajstić information content (AvgIpc) is 2.78. The zero-order valence-corrected chi connectivity index (χ0v) is 20.1. The SMILES string of the molecule is CCN(CC)Cc1cc(Nc2cc(C)nc(/N=C(\N)Nc3ccc(Cl)cc3)n2)ccc1OC. The summed E-state index contributed by atoms with van der Waals surface area (Å²) in [5.41, 5.74) is 9.58. The Hall–Kier alpha value is -3.36. The van der Waals surface area contributed by atoms with Gasteiger partial charge in [-0.3, -0.25) is 4.90 Å². The van der Waals surface area contributed by atoms with Gasteiger partial charge < -0.3 is 21.1 Å². The summed E-state index contributed by atoms with van der Waals surface area (Å²) in [6.07, 6.45) is 0. The average molecular weight is 468 g/mol. The molecule has 4 N–H and O–H groups in total. The van der Waals surface area contributed by atoms with Gasteiger partial charge in [0.15, 0.2) is 0 Å². The molecule has 1 aromatic heterocycles. The maximum atomic E-state index is 6.04. The fourth-order valence-corrected chi connectivity index (χ4v) is 3.43. The summed E-state index contributed by atoms with van der Waals surface area (Å²) in [5, 5.41) is 7.00. The third-order valence-electron chi connectivity index (χ3n) is 5.02. The minimum Gasteiger partial charge on any atom is -0.496 e. The molecule has 174 valence electrons. The lowest BCUT2D eigenvalue weighted by molar-refractivity contribution is 0.289. The number of guanidine groups is 1. The van der Waals surface area contributed by atoms with Crippen molar-refractivity contribution in [1.29, 1.82) is 0 Å². The summed E-state index contributed by atoms with van der Waals surface area (Å²) in [7, 11) is 1.69. The summed E-state index contributed by atoms with van der Waals surface area (Å²) in [5.74, 6) is 1.92. The van der Waals surface area contributed by atoms with Gasteiger partial charge in [-0.1, -0.05) is 25.4 Å². The van der Waals surface area contributed by atoms with Crippen LogP contribution in [0.3, 0.4) is 0 Å². The van der Waals surface area contributed by atoms with E-state index >= 15 is 0 Å². The maximum absolute atomic E-state index is 6.04. The van der Waals surface area contributed by atoms with Crippen LogP contribution in [-0.4, -0.2) is 41.0 Å². The molecule has 2 aromatic carbocycles. The number of halogens is 1. The van der Waals surface area contributed by atoms with Crippen LogP contribution in [0.5, 0.6) is 5.75 Å². The van der Waals surface area contributed by atoms with Crippen LogP contribution in [0, 0.1) is 6.92 Å². The van der Waals surface area contributed by atoms with Crippen LogP contribution in [0.15, 0.2) is 53.5 Å². The molecule has 0 unspecified atom stereocenters. The summed E-state index contributed by atoms with van der Waals surface area (Å²) in [6, 6.07) is 15.0. The van der Waals surface area contributed by atoms with Crippen LogP contribution in [-0.2, 0) is 6.54 Å². The van der Waals surface area contributed by atoms with Gasteiger partial charge in [0.2, 0.25) is 5.96 Å². The van der Waals surface area contributed by atoms with Gasteiger partial charge in [-0.15, -0.1) is 0 Å². The Balaban J connectivity index is 1.79. The van der Waals surface area contributed by atoms with Crippen molar-refractivity contribution in [3.63, 3.8) is 0 Å². The van der Waals surface area contributed by atoms with Crippen molar-refractivity contribution in [2.24, 2.45) is 10.7 Å². The molecule has 0 fully saturated rings. The van der Waals surface area contributed by atoms with Gasteiger partial charge in [-0.25, -0.2) is 4.98 Å². The maximum Gasteiger partial charge on any atom is 0.254 e. The molecule has 3 rings (SSSR count). The predicted octanol–water partition coefficient (Wildman–Crippen LogP) is 5.09. The van der Waals surface area contributed by atoms with Crippen molar-refractivity contribution in [2.75, 3.05) is 30.8 Å². The van der Waals surface area contributed by atoms with E-state index in [1.54, 1.807) is 19.2 Å². The van der Waals surface area contributed by atoms with E-state index in [0.29, 0.717) is 10.8 Å². The van der Waals surface area contributed by atoms with Crippen molar-refractivity contribution in [2.45, 2.75) is 27.3 Å². The first-order valence-corrected chi connectivity index (χ1v) is 11.2. The summed E-state index contributed by atoms with van der Waals surface area (Å²) in [4.78, 5) is 15.5. The fourth-order valence-electron chi connectivity index (χ4n) is 3.30. The van der Waals surface area contributed by atoms with Gasteiger partial charge >= 0.3 is 0 Å². The van der Waals surface area contributed by atoms with E-state index in [1.807, 2.05) is 37.3 Å². The van der Waals surface area contributed by atoms with Gasteiger partial charge in [0.1, 0.15) is 11.6 Å². The first-order valence-electron chi connectivity index (χ1n) is 10.8. The molecule has 33 heavy (non-hydrogen) atoms. The molecule has 0 aliphatic carbocycles. The lowest BCUT2D eigenvalue weighted by Crippen LogP contribution is -2.22. The van der Waals surface area contributed by atoms with Gasteiger partial charge in [-0.2, -0.15) is 9.98 Å². The molecule has 9 heteroatoms. The monoisotopic (exact) mass is 467 g/mol. The Morgan fingerprint density at radius 2 is 1.76 bits per heavy atom. The van der Waals surface area contributed by atoms with E-state index in [1.165, 1.54) is 0 Å². The molecule has 0 saturated heterocycles. The Morgan fingerprint density at radius 1 is 1.06 bits per heavy atom. The van der Waals surface area contributed by atoms with Gasteiger partial charge in [0, 0.05) is 40.3 Å². The number of benzene rings is 2. The molecule has 0 aliphatic rings. The number of hydrogen-bond acceptors (Lipinski definition) is 6. The van der Waals surface area contributed by atoms with Gasteiger partial charge in [0.25, 0.3) is 5.95 Å². The molecular formula is C24H30ClN7O. The van der Waals surface area contributed by atoms with E-state index in [0.717, 1.165) is 48.0 Å². The number of rotatable bonds is 9. The second-order valence-electron chi connectivity index (χ2n) is 7.44. The number of ether oxygens (including phenoxy) is 1. The largest absolute Gasteiger partial charge is 0.496 e. The summed E-state index contributed by atoms with van der Waals surface area (Å²) < 4.78 is 5.55. The minimum absolute atomic E-state index is 0.180. The summed E-state index contributed by atoms with van der Waals surface area (Å²) >= 11 is 5.92. The molecule has 0 saturated carbocycles. The molecule has 0 radical (unpaired) electrons. The van der Waals surface area contributed by atoms with Crippen molar-refractivity contribution in [3.8, 4) is 5.75 Å². The number of aryl methyl sites for hydroxylation is 1. The molecule has 0 atom stereocenters. The topological polar surface area (TPSA) is 101 Å².